The molecule has 0 heterocycles. The topological polar surface area (TPSA) is 104 Å². The molecule has 0 aliphatic carbocycles. The van der Waals surface area contributed by atoms with Crippen molar-refractivity contribution < 1.29 is 22.8 Å². The predicted octanol–water partition coefficient (Wildman–Crippen LogP) is 4.97. The first kappa shape index (κ1) is 32.0. The highest BCUT2D eigenvalue weighted by molar-refractivity contribution is 9.10. The molecule has 2 amide bonds. The van der Waals surface area contributed by atoms with E-state index in [1.807, 2.05) is 68.4 Å². The average Bonchev–Trinajstić information content (AvgIpc) is 2.94. The Labute approximate surface area is 250 Å². The van der Waals surface area contributed by atoms with Crippen LogP contribution < -0.4 is 9.62 Å². The maximum Gasteiger partial charge on any atom is 0.244 e. The lowest BCUT2D eigenvalue weighted by Gasteiger charge is -2.34. The van der Waals surface area contributed by atoms with Gasteiger partial charge in [-0.15, -0.1) is 0 Å². The van der Waals surface area contributed by atoms with Crippen molar-refractivity contribution >= 4 is 49.2 Å². The summed E-state index contributed by atoms with van der Waals surface area (Å²) in [5.74, 6) is -1.10. The lowest BCUT2D eigenvalue weighted by Crippen LogP contribution is -2.54. The van der Waals surface area contributed by atoms with Crippen molar-refractivity contribution in [2.24, 2.45) is 0 Å². The zero-order valence-electron chi connectivity index (χ0n) is 23.7. The van der Waals surface area contributed by atoms with Gasteiger partial charge in [-0.05, 0) is 55.7 Å². The van der Waals surface area contributed by atoms with Gasteiger partial charge in [-0.25, -0.2) is 8.42 Å². The summed E-state index contributed by atoms with van der Waals surface area (Å²) in [6.45, 7) is 4.78. The average molecular weight is 643 g/mol. The van der Waals surface area contributed by atoms with Gasteiger partial charge in [0.15, 0.2) is 5.78 Å². The summed E-state index contributed by atoms with van der Waals surface area (Å²) in [4.78, 5) is 41.2. The fourth-order valence-electron chi connectivity index (χ4n) is 4.28. The van der Waals surface area contributed by atoms with Crippen LogP contribution in [0.5, 0.6) is 0 Å². The highest BCUT2D eigenvalue weighted by atomic mass is 79.9. The maximum absolute atomic E-state index is 14.1. The molecule has 0 spiro atoms. The number of amides is 2. The molecule has 3 rings (SSSR count). The fraction of sp³-hybridized carbons (Fsp3) is 0.323. The van der Waals surface area contributed by atoms with E-state index in [9.17, 15) is 22.8 Å². The van der Waals surface area contributed by atoms with E-state index < -0.39 is 28.5 Å². The number of rotatable bonds is 13. The number of ketones is 1. The van der Waals surface area contributed by atoms with E-state index >= 15 is 0 Å². The van der Waals surface area contributed by atoms with Gasteiger partial charge >= 0.3 is 0 Å². The van der Waals surface area contributed by atoms with Crippen LogP contribution in [0.25, 0.3) is 0 Å². The van der Waals surface area contributed by atoms with Crippen LogP contribution in [0, 0.1) is 0 Å². The van der Waals surface area contributed by atoms with E-state index in [4.69, 9.17) is 0 Å². The SMILES string of the molecule is CCC(C)NC(=O)C(Cc1ccccc1)N(Cc1ccc(Br)cc1)C(=O)CN(c1cccc(C(C)=O)c1)S(C)(=O)=O. The van der Waals surface area contributed by atoms with E-state index in [1.165, 1.54) is 24.0 Å². The minimum atomic E-state index is -3.93. The minimum Gasteiger partial charge on any atom is -0.352 e. The van der Waals surface area contributed by atoms with Crippen molar-refractivity contribution in [3.05, 3.63) is 100 Å². The molecule has 0 aliphatic heterocycles. The summed E-state index contributed by atoms with van der Waals surface area (Å²) in [5.41, 5.74) is 2.16. The van der Waals surface area contributed by atoms with Crippen molar-refractivity contribution in [1.82, 2.24) is 10.2 Å². The molecule has 0 bridgehead atoms. The van der Waals surface area contributed by atoms with Gasteiger partial charge in [0.05, 0.1) is 11.9 Å². The summed E-state index contributed by atoms with van der Waals surface area (Å²) < 4.78 is 27.7. The summed E-state index contributed by atoms with van der Waals surface area (Å²) in [7, 11) is -3.93. The van der Waals surface area contributed by atoms with Crippen molar-refractivity contribution in [3.8, 4) is 0 Å². The van der Waals surface area contributed by atoms with Gasteiger partial charge in [0.2, 0.25) is 21.8 Å². The predicted molar refractivity (Wildman–Crippen MR) is 165 cm³/mol. The molecule has 2 atom stereocenters. The monoisotopic (exact) mass is 641 g/mol. The lowest BCUT2D eigenvalue weighted by molar-refractivity contribution is -0.140. The first-order chi connectivity index (χ1) is 19.4. The number of carbonyl (C=O) groups is 3. The number of carbonyl (C=O) groups excluding carboxylic acids is 3. The smallest absolute Gasteiger partial charge is 0.244 e. The summed E-state index contributed by atoms with van der Waals surface area (Å²) in [6.07, 6.45) is 1.96. The Bertz CT molecular complexity index is 1460. The second-order valence-electron chi connectivity index (χ2n) is 10.0. The normalized spacial score (nSPS) is 12.7. The quantitative estimate of drug-likeness (QED) is 0.265. The second kappa shape index (κ2) is 14.4. The molecule has 2 unspecified atom stereocenters. The van der Waals surface area contributed by atoms with Gasteiger partial charge in [-0.2, -0.15) is 0 Å². The third kappa shape index (κ3) is 9.26. The molecule has 0 aliphatic rings. The number of hydrogen-bond donors (Lipinski definition) is 1. The van der Waals surface area contributed by atoms with Crippen molar-refractivity contribution in [3.63, 3.8) is 0 Å². The number of anilines is 1. The first-order valence-corrected chi connectivity index (χ1v) is 16.0. The van der Waals surface area contributed by atoms with E-state index in [2.05, 4.69) is 21.2 Å². The van der Waals surface area contributed by atoms with E-state index in [0.717, 1.165) is 26.2 Å². The Morgan fingerprint density at radius 2 is 1.59 bits per heavy atom. The molecule has 8 nitrogen and oxygen atoms in total. The Hall–Kier alpha value is -3.50. The van der Waals surface area contributed by atoms with Crippen molar-refractivity contribution in [2.75, 3.05) is 17.1 Å². The summed E-state index contributed by atoms with van der Waals surface area (Å²) in [5, 5.41) is 3.01. The fourth-order valence-corrected chi connectivity index (χ4v) is 5.38. The van der Waals surface area contributed by atoms with Crippen LogP contribution in [0.4, 0.5) is 5.69 Å². The molecule has 41 heavy (non-hydrogen) atoms. The van der Waals surface area contributed by atoms with E-state index in [-0.39, 0.29) is 36.4 Å². The third-order valence-corrected chi connectivity index (χ3v) is 8.43. The Balaban J connectivity index is 2.07. The van der Waals surface area contributed by atoms with Crippen LogP contribution in [-0.4, -0.2) is 55.8 Å². The van der Waals surface area contributed by atoms with Gasteiger partial charge in [0.1, 0.15) is 12.6 Å². The van der Waals surface area contributed by atoms with Crippen LogP contribution in [-0.2, 0) is 32.6 Å². The number of nitrogens with one attached hydrogen (secondary N) is 1. The van der Waals surface area contributed by atoms with Crippen LogP contribution >= 0.6 is 15.9 Å². The molecule has 3 aromatic carbocycles. The number of nitrogens with zero attached hydrogens (tertiary/aromatic N) is 2. The van der Waals surface area contributed by atoms with Crippen molar-refractivity contribution in [1.29, 1.82) is 0 Å². The lowest BCUT2D eigenvalue weighted by atomic mass is 10.0. The molecule has 0 radical (unpaired) electrons. The maximum atomic E-state index is 14.1. The number of benzene rings is 3. The Morgan fingerprint density at radius 3 is 2.17 bits per heavy atom. The highest BCUT2D eigenvalue weighted by Crippen LogP contribution is 2.22. The third-order valence-electron chi connectivity index (χ3n) is 6.76. The minimum absolute atomic E-state index is 0.0859. The zero-order chi connectivity index (χ0) is 30.2. The summed E-state index contributed by atoms with van der Waals surface area (Å²) in [6, 6.07) is 21.9. The Morgan fingerprint density at radius 1 is 0.927 bits per heavy atom. The molecule has 1 N–H and O–H groups in total. The molecule has 218 valence electrons. The molecule has 0 saturated heterocycles. The number of sulfonamides is 1. The van der Waals surface area contributed by atoms with Crippen LogP contribution in [0.2, 0.25) is 0 Å². The van der Waals surface area contributed by atoms with Gasteiger partial charge in [0, 0.05) is 29.0 Å². The molecular formula is C31H36BrN3O5S. The van der Waals surface area contributed by atoms with E-state index in [1.54, 1.807) is 12.1 Å². The largest absolute Gasteiger partial charge is 0.352 e. The number of Topliss-reactive ketones (excluding diaryl/α,β-unsaturated/α-hetero) is 1. The summed E-state index contributed by atoms with van der Waals surface area (Å²) >= 11 is 3.43. The molecule has 3 aromatic rings. The molecular weight excluding hydrogens is 606 g/mol. The zero-order valence-corrected chi connectivity index (χ0v) is 26.1. The number of hydrogen-bond acceptors (Lipinski definition) is 5. The van der Waals surface area contributed by atoms with Gasteiger partial charge in [-0.3, -0.25) is 18.7 Å². The van der Waals surface area contributed by atoms with Gasteiger partial charge in [0.25, 0.3) is 0 Å². The first-order valence-electron chi connectivity index (χ1n) is 13.4. The van der Waals surface area contributed by atoms with Crippen LogP contribution in [0.3, 0.4) is 0 Å². The van der Waals surface area contributed by atoms with Crippen molar-refractivity contribution in [2.45, 2.75) is 52.2 Å². The van der Waals surface area contributed by atoms with Crippen LogP contribution in [0.1, 0.15) is 48.7 Å². The molecule has 0 aromatic heterocycles. The standard InChI is InChI=1S/C31H36BrN3O5S/c1-5-22(2)33-31(38)29(18-24-10-7-6-8-11-24)34(20-25-14-16-27(32)17-15-25)30(37)21-35(41(4,39)40)28-13-9-12-26(19-28)23(3)36/h6-17,19,22,29H,5,18,20-21H2,1-4H3,(H,33,38). The Kier molecular flexibility index (Phi) is 11.3. The van der Waals surface area contributed by atoms with Crippen LogP contribution in [0.15, 0.2) is 83.3 Å². The van der Waals surface area contributed by atoms with Gasteiger partial charge < -0.3 is 10.2 Å². The van der Waals surface area contributed by atoms with E-state index in [0.29, 0.717) is 12.0 Å². The number of halogens is 1. The van der Waals surface area contributed by atoms with Gasteiger partial charge in [-0.1, -0.05) is 77.5 Å². The second-order valence-corrected chi connectivity index (χ2v) is 12.9. The molecule has 10 heteroatoms. The highest BCUT2D eigenvalue weighted by Gasteiger charge is 2.33. The molecule has 0 fully saturated rings. The molecule has 0 saturated carbocycles.